The van der Waals surface area contributed by atoms with E-state index in [0.29, 0.717) is 24.0 Å². The number of pyridine rings is 1. The van der Waals surface area contributed by atoms with Crippen LogP contribution in [0, 0.1) is 0 Å². The zero-order valence-electron chi connectivity index (χ0n) is 11.4. The second-order valence-corrected chi connectivity index (χ2v) is 5.15. The molecule has 1 aromatic heterocycles. The summed E-state index contributed by atoms with van der Waals surface area (Å²) in [6.45, 7) is 1.55. The smallest absolute Gasteiger partial charge is 0.252 e. The average Bonchev–Trinajstić information content (AvgIpc) is 2.93. The highest BCUT2D eigenvalue weighted by Gasteiger charge is 2.19. The number of hydrogen-bond acceptors (Lipinski definition) is 4. The lowest BCUT2D eigenvalue weighted by molar-refractivity contribution is 0.0947. The van der Waals surface area contributed by atoms with Crippen molar-refractivity contribution in [2.24, 2.45) is 0 Å². The molecule has 1 heterocycles. The van der Waals surface area contributed by atoms with Gasteiger partial charge >= 0.3 is 0 Å². The van der Waals surface area contributed by atoms with Gasteiger partial charge in [-0.15, -0.1) is 0 Å². The summed E-state index contributed by atoms with van der Waals surface area (Å²) < 4.78 is 0. The largest absolute Gasteiger partial charge is 0.384 e. The van der Waals surface area contributed by atoms with Gasteiger partial charge in [-0.05, 0) is 32.0 Å². The molecule has 1 aromatic rings. The highest BCUT2D eigenvalue weighted by Crippen LogP contribution is 2.21. The maximum atomic E-state index is 11.8. The molecule has 0 aliphatic heterocycles. The van der Waals surface area contributed by atoms with Crippen LogP contribution in [0.2, 0.25) is 0 Å². The van der Waals surface area contributed by atoms with Crippen LogP contribution in [-0.2, 0) is 0 Å². The Morgan fingerprint density at radius 3 is 2.84 bits per heavy atom. The van der Waals surface area contributed by atoms with Crippen LogP contribution in [0.3, 0.4) is 0 Å². The van der Waals surface area contributed by atoms with Crippen molar-refractivity contribution in [3.05, 3.63) is 23.9 Å². The molecule has 0 radical (unpaired) electrons. The maximum absolute atomic E-state index is 11.8. The van der Waals surface area contributed by atoms with Gasteiger partial charge in [0, 0.05) is 25.3 Å². The second kappa shape index (κ2) is 6.52. The number of likely N-dealkylation sites (N-methyl/N-ethyl adjacent to an activating group) is 1. The number of aromatic nitrogens is 1. The molecule has 0 spiro atoms. The van der Waals surface area contributed by atoms with Crippen molar-refractivity contribution in [3.8, 4) is 0 Å². The van der Waals surface area contributed by atoms with Crippen molar-refractivity contribution in [1.82, 2.24) is 15.2 Å². The van der Waals surface area contributed by atoms with Crippen molar-refractivity contribution in [2.45, 2.75) is 31.7 Å². The molecule has 1 aliphatic carbocycles. The zero-order chi connectivity index (χ0) is 13.7. The van der Waals surface area contributed by atoms with Gasteiger partial charge in [0.25, 0.3) is 5.91 Å². The minimum Gasteiger partial charge on any atom is -0.384 e. The quantitative estimate of drug-likeness (QED) is 0.838. The molecule has 1 saturated carbocycles. The first-order valence-corrected chi connectivity index (χ1v) is 6.87. The lowest BCUT2D eigenvalue weighted by Crippen LogP contribution is -2.37. The van der Waals surface area contributed by atoms with Crippen molar-refractivity contribution in [1.29, 1.82) is 0 Å². The molecule has 1 fully saturated rings. The van der Waals surface area contributed by atoms with Gasteiger partial charge in [-0.25, -0.2) is 4.98 Å². The van der Waals surface area contributed by atoms with Crippen molar-refractivity contribution in [3.63, 3.8) is 0 Å². The number of nitrogens with zero attached hydrogens (tertiary/aromatic N) is 2. The van der Waals surface area contributed by atoms with E-state index in [0.717, 1.165) is 6.54 Å². The predicted molar refractivity (Wildman–Crippen MR) is 75.9 cm³/mol. The Bertz CT molecular complexity index is 412. The van der Waals surface area contributed by atoms with Crippen LogP contribution in [0.1, 0.15) is 36.0 Å². The fourth-order valence-corrected chi connectivity index (χ4v) is 2.52. The van der Waals surface area contributed by atoms with Gasteiger partial charge in [-0.3, -0.25) is 4.79 Å². The fourth-order valence-electron chi connectivity index (χ4n) is 2.52. The van der Waals surface area contributed by atoms with Gasteiger partial charge in [0.2, 0.25) is 0 Å². The summed E-state index contributed by atoms with van der Waals surface area (Å²) >= 11 is 0. The second-order valence-electron chi connectivity index (χ2n) is 5.15. The molecule has 0 atom stereocenters. The van der Waals surface area contributed by atoms with E-state index >= 15 is 0 Å². The van der Waals surface area contributed by atoms with Gasteiger partial charge in [0.05, 0.1) is 5.56 Å². The normalized spacial score (nSPS) is 15.9. The Morgan fingerprint density at radius 1 is 1.47 bits per heavy atom. The third-order valence-corrected chi connectivity index (χ3v) is 3.75. The van der Waals surface area contributed by atoms with E-state index in [2.05, 4.69) is 22.2 Å². The van der Waals surface area contributed by atoms with Crippen molar-refractivity contribution in [2.75, 3.05) is 25.9 Å². The number of nitrogens with two attached hydrogens (primary N) is 1. The molecule has 5 heteroatoms. The van der Waals surface area contributed by atoms with Gasteiger partial charge < -0.3 is 16.0 Å². The van der Waals surface area contributed by atoms with Gasteiger partial charge in [-0.2, -0.15) is 0 Å². The molecule has 0 unspecified atom stereocenters. The number of nitrogen functional groups attached to an aromatic ring is 1. The number of carbonyl (C=O) groups excluding carboxylic acids is 1. The maximum Gasteiger partial charge on any atom is 0.252 e. The van der Waals surface area contributed by atoms with Crippen LogP contribution < -0.4 is 11.1 Å². The Kier molecular flexibility index (Phi) is 4.74. The molecule has 2 rings (SSSR count). The predicted octanol–water partition coefficient (Wildman–Crippen LogP) is 1.27. The zero-order valence-corrected chi connectivity index (χ0v) is 11.4. The van der Waals surface area contributed by atoms with Crippen LogP contribution in [0.25, 0.3) is 0 Å². The van der Waals surface area contributed by atoms with Crippen molar-refractivity contribution >= 4 is 11.7 Å². The standard InChI is InChI=1S/C14H22N4O/c1-18(12-4-2-3-5-12)9-8-16-14(19)11-6-7-13(15)17-10-11/h6-7,10,12H,2-5,8-9H2,1H3,(H2,15,17)(H,16,19). The molecule has 104 valence electrons. The number of rotatable bonds is 5. The van der Waals surface area contributed by atoms with E-state index in [4.69, 9.17) is 5.73 Å². The third kappa shape index (κ3) is 3.92. The summed E-state index contributed by atoms with van der Waals surface area (Å²) in [4.78, 5) is 18.1. The van der Waals surface area contributed by atoms with Gasteiger partial charge in [0.1, 0.15) is 5.82 Å². The Morgan fingerprint density at radius 2 is 2.21 bits per heavy atom. The minimum absolute atomic E-state index is 0.0904. The third-order valence-electron chi connectivity index (χ3n) is 3.75. The topological polar surface area (TPSA) is 71.2 Å². The molecular formula is C14H22N4O. The molecule has 5 nitrogen and oxygen atoms in total. The van der Waals surface area contributed by atoms with Gasteiger partial charge in [-0.1, -0.05) is 12.8 Å². The highest BCUT2D eigenvalue weighted by molar-refractivity contribution is 5.93. The van der Waals surface area contributed by atoms with Crippen LogP contribution in [0.5, 0.6) is 0 Å². The van der Waals surface area contributed by atoms with Crippen LogP contribution >= 0.6 is 0 Å². The molecule has 1 aliphatic rings. The van der Waals surface area contributed by atoms with E-state index in [1.54, 1.807) is 12.1 Å². The molecule has 19 heavy (non-hydrogen) atoms. The lowest BCUT2D eigenvalue weighted by atomic mass is 10.2. The summed E-state index contributed by atoms with van der Waals surface area (Å²) in [5, 5.41) is 2.91. The van der Waals surface area contributed by atoms with Crippen LogP contribution in [0.15, 0.2) is 18.3 Å². The number of nitrogens with one attached hydrogen (secondary N) is 1. The number of anilines is 1. The molecular weight excluding hydrogens is 240 g/mol. The monoisotopic (exact) mass is 262 g/mol. The average molecular weight is 262 g/mol. The minimum atomic E-state index is -0.0904. The first kappa shape index (κ1) is 13.8. The summed E-state index contributed by atoms with van der Waals surface area (Å²) in [7, 11) is 2.13. The first-order chi connectivity index (χ1) is 9.16. The van der Waals surface area contributed by atoms with E-state index in [-0.39, 0.29) is 5.91 Å². The number of carbonyl (C=O) groups is 1. The fraction of sp³-hybridized carbons (Fsp3) is 0.571. The summed E-state index contributed by atoms with van der Waals surface area (Å²) in [6.07, 6.45) is 6.74. The first-order valence-electron chi connectivity index (χ1n) is 6.87. The summed E-state index contributed by atoms with van der Waals surface area (Å²) in [6, 6.07) is 4.02. The Labute approximate surface area is 114 Å². The van der Waals surface area contributed by atoms with E-state index in [1.807, 2.05) is 0 Å². The van der Waals surface area contributed by atoms with E-state index in [9.17, 15) is 4.79 Å². The van der Waals surface area contributed by atoms with E-state index in [1.165, 1.54) is 31.9 Å². The highest BCUT2D eigenvalue weighted by atomic mass is 16.1. The Hall–Kier alpha value is -1.62. The lowest BCUT2D eigenvalue weighted by Gasteiger charge is -2.23. The van der Waals surface area contributed by atoms with E-state index < -0.39 is 0 Å². The van der Waals surface area contributed by atoms with Crippen LogP contribution in [0.4, 0.5) is 5.82 Å². The SMILES string of the molecule is CN(CCNC(=O)c1ccc(N)nc1)C1CCCC1. The molecule has 1 amide bonds. The van der Waals surface area contributed by atoms with Crippen LogP contribution in [-0.4, -0.2) is 42.0 Å². The van der Waals surface area contributed by atoms with Crippen molar-refractivity contribution < 1.29 is 4.79 Å². The number of hydrogen-bond donors (Lipinski definition) is 2. The Balaban J connectivity index is 1.73. The molecule has 0 aromatic carbocycles. The molecule has 3 N–H and O–H groups in total. The summed E-state index contributed by atoms with van der Waals surface area (Å²) in [5.74, 6) is 0.338. The summed E-state index contributed by atoms with van der Waals surface area (Å²) in [5.41, 5.74) is 6.04. The number of amides is 1. The molecule has 0 saturated heterocycles. The van der Waals surface area contributed by atoms with Gasteiger partial charge in [0.15, 0.2) is 0 Å². The molecule has 0 bridgehead atoms.